The first kappa shape index (κ1) is 10.2. The zero-order chi connectivity index (χ0) is 10.3. The summed E-state index contributed by atoms with van der Waals surface area (Å²) < 4.78 is 0. The lowest BCUT2D eigenvalue weighted by Gasteiger charge is -2.13. The van der Waals surface area contributed by atoms with Gasteiger partial charge in [-0.05, 0) is 18.8 Å². The fourth-order valence-corrected chi connectivity index (χ4v) is 3.32. The molecule has 0 fully saturated rings. The summed E-state index contributed by atoms with van der Waals surface area (Å²) >= 11 is 1.94. The second-order valence-corrected chi connectivity index (χ2v) is 6.02. The van der Waals surface area contributed by atoms with Crippen LogP contribution in [-0.2, 0) is 6.42 Å². The highest BCUT2D eigenvalue weighted by Crippen LogP contribution is 2.41. The average molecular weight is 209 g/mol. The van der Waals surface area contributed by atoms with E-state index in [2.05, 4.69) is 27.7 Å². The second kappa shape index (κ2) is 3.65. The van der Waals surface area contributed by atoms with E-state index in [0.717, 1.165) is 11.8 Å². The minimum Gasteiger partial charge on any atom is -0.245 e. The van der Waals surface area contributed by atoms with Gasteiger partial charge in [-0.3, -0.25) is 0 Å². The standard InChI is InChI=1S/C12H19NS/c1-7(2)9-5-6-10-11(9)13-12(14-10)8(3)4/h7-9H,5-6H2,1-4H3. The molecule has 0 saturated heterocycles. The zero-order valence-electron chi connectivity index (χ0n) is 9.50. The Labute approximate surface area is 90.6 Å². The molecule has 0 radical (unpaired) electrons. The van der Waals surface area contributed by atoms with Gasteiger partial charge < -0.3 is 0 Å². The smallest absolute Gasteiger partial charge is 0.0956 e. The maximum Gasteiger partial charge on any atom is 0.0956 e. The SMILES string of the molecule is CC(C)c1nc2c(s1)CCC2C(C)C. The minimum atomic E-state index is 0.596. The molecule has 0 aromatic carbocycles. The largest absolute Gasteiger partial charge is 0.245 e. The molecule has 0 spiro atoms. The van der Waals surface area contributed by atoms with Crippen LogP contribution in [0.3, 0.4) is 0 Å². The highest BCUT2D eigenvalue weighted by molar-refractivity contribution is 7.11. The van der Waals surface area contributed by atoms with Crippen molar-refractivity contribution in [3.63, 3.8) is 0 Å². The molecule has 1 aliphatic carbocycles. The van der Waals surface area contributed by atoms with E-state index in [9.17, 15) is 0 Å². The molecule has 14 heavy (non-hydrogen) atoms. The first-order valence-corrected chi connectivity index (χ1v) is 6.40. The van der Waals surface area contributed by atoms with E-state index in [4.69, 9.17) is 4.98 Å². The molecule has 1 nitrogen and oxygen atoms in total. The predicted octanol–water partition coefficient (Wildman–Crippen LogP) is 3.95. The van der Waals surface area contributed by atoms with Gasteiger partial charge in [-0.2, -0.15) is 0 Å². The Morgan fingerprint density at radius 1 is 1.29 bits per heavy atom. The van der Waals surface area contributed by atoms with Crippen LogP contribution in [0.4, 0.5) is 0 Å². The maximum atomic E-state index is 4.81. The van der Waals surface area contributed by atoms with Crippen molar-refractivity contribution in [1.29, 1.82) is 0 Å². The van der Waals surface area contributed by atoms with E-state index in [1.807, 2.05) is 11.3 Å². The number of thiazole rings is 1. The summed E-state index contributed by atoms with van der Waals surface area (Å²) in [6.45, 7) is 9.10. The van der Waals surface area contributed by atoms with Gasteiger partial charge in [-0.25, -0.2) is 4.98 Å². The van der Waals surface area contributed by atoms with Crippen LogP contribution in [0.1, 0.15) is 61.5 Å². The first-order valence-electron chi connectivity index (χ1n) is 5.59. The van der Waals surface area contributed by atoms with Crippen LogP contribution >= 0.6 is 11.3 Å². The van der Waals surface area contributed by atoms with Gasteiger partial charge in [0.05, 0.1) is 10.7 Å². The second-order valence-electron chi connectivity index (χ2n) is 4.90. The lowest BCUT2D eigenvalue weighted by Crippen LogP contribution is -2.03. The Kier molecular flexibility index (Phi) is 2.65. The molecule has 0 amide bonds. The third-order valence-electron chi connectivity index (χ3n) is 3.08. The highest BCUT2D eigenvalue weighted by atomic mass is 32.1. The summed E-state index contributed by atoms with van der Waals surface area (Å²) in [4.78, 5) is 6.37. The molecular formula is C12H19NS. The van der Waals surface area contributed by atoms with Gasteiger partial charge in [0.25, 0.3) is 0 Å². The molecule has 78 valence electrons. The summed E-state index contributed by atoms with van der Waals surface area (Å²) in [7, 11) is 0. The van der Waals surface area contributed by atoms with Crippen LogP contribution in [0.15, 0.2) is 0 Å². The maximum absolute atomic E-state index is 4.81. The number of hydrogen-bond acceptors (Lipinski definition) is 2. The van der Waals surface area contributed by atoms with E-state index in [1.165, 1.54) is 23.5 Å². The zero-order valence-corrected chi connectivity index (χ0v) is 10.3. The third kappa shape index (κ3) is 1.60. The minimum absolute atomic E-state index is 0.596. The molecule has 1 aromatic rings. The molecule has 1 atom stereocenters. The van der Waals surface area contributed by atoms with Gasteiger partial charge in [-0.15, -0.1) is 11.3 Å². The summed E-state index contributed by atoms with van der Waals surface area (Å²) in [5.74, 6) is 2.07. The van der Waals surface area contributed by atoms with E-state index < -0.39 is 0 Å². The van der Waals surface area contributed by atoms with Gasteiger partial charge >= 0.3 is 0 Å². The van der Waals surface area contributed by atoms with Gasteiger partial charge in [-0.1, -0.05) is 27.7 Å². The molecule has 0 aliphatic heterocycles. The van der Waals surface area contributed by atoms with Crippen molar-refractivity contribution in [3.8, 4) is 0 Å². The molecule has 1 unspecified atom stereocenters. The quantitative estimate of drug-likeness (QED) is 0.718. The van der Waals surface area contributed by atoms with Crippen molar-refractivity contribution < 1.29 is 0 Å². The molecule has 1 heterocycles. The fourth-order valence-electron chi connectivity index (χ4n) is 2.17. The Bertz CT molecular complexity index is 325. The number of nitrogens with zero attached hydrogens (tertiary/aromatic N) is 1. The summed E-state index contributed by atoms with van der Waals surface area (Å²) in [5, 5.41) is 1.33. The number of fused-ring (bicyclic) bond motifs is 1. The van der Waals surface area contributed by atoms with Crippen LogP contribution in [0.5, 0.6) is 0 Å². The molecule has 2 heteroatoms. The number of hydrogen-bond donors (Lipinski definition) is 0. The van der Waals surface area contributed by atoms with Crippen molar-refractivity contribution in [1.82, 2.24) is 4.98 Å². The van der Waals surface area contributed by atoms with Crippen molar-refractivity contribution in [2.45, 2.75) is 52.4 Å². The predicted molar refractivity (Wildman–Crippen MR) is 62.1 cm³/mol. The monoisotopic (exact) mass is 209 g/mol. The van der Waals surface area contributed by atoms with E-state index in [1.54, 1.807) is 4.88 Å². The van der Waals surface area contributed by atoms with Crippen molar-refractivity contribution in [2.24, 2.45) is 5.92 Å². The van der Waals surface area contributed by atoms with Crippen molar-refractivity contribution in [3.05, 3.63) is 15.6 Å². The van der Waals surface area contributed by atoms with E-state index in [-0.39, 0.29) is 0 Å². The highest BCUT2D eigenvalue weighted by Gasteiger charge is 2.29. The van der Waals surface area contributed by atoms with Crippen LogP contribution in [0, 0.1) is 5.92 Å². The molecule has 0 N–H and O–H groups in total. The molecule has 0 bridgehead atoms. The number of aryl methyl sites for hydroxylation is 1. The molecule has 1 aromatic heterocycles. The number of rotatable bonds is 2. The fraction of sp³-hybridized carbons (Fsp3) is 0.750. The van der Waals surface area contributed by atoms with Crippen molar-refractivity contribution >= 4 is 11.3 Å². The Hall–Kier alpha value is -0.370. The average Bonchev–Trinajstić information content (AvgIpc) is 2.58. The molecule has 0 saturated carbocycles. The van der Waals surface area contributed by atoms with E-state index in [0.29, 0.717) is 5.92 Å². The first-order chi connectivity index (χ1) is 6.59. The number of aromatic nitrogens is 1. The van der Waals surface area contributed by atoms with Gasteiger partial charge in [0.2, 0.25) is 0 Å². The van der Waals surface area contributed by atoms with Crippen LogP contribution in [-0.4, -0.2) is 4.98 Å². The lowest BCUT2D eigenvalue weighted by molar-refractivity contribution is 0.486. The van der Waals surface area contributed by atoms with Gasteiger partial charge in [0.15, 0.2) is 0 Å². The Morgan fingerprint density at radius 3 is 2.57 bits per heavy atom. The van der Waals surface area contributed by atoms with Crippen LogP contribution in [0.2, 0.25) is 0 Å². The summed E-state index contributed by atoms with van der Waals surface area (Å²) in [6.07, 6.45) is 2.59. The van der Waals surface area contributed by atoms with Gasteiger partial charge in [0.1, 0.15) is 0 Å². The molecular weight excluding hydrogens is 190 g/mol. The van der Waals surface area contributed by atoms with Crippen LogP contribution < -0.4 is 0 Å². The van der Waals surface area contributed by atoms with Crippen LogP contribution in [0.25, 0.3) is 0 Å². The topological polar surface area (TPSA) is 12.9 Å². The summed E-state index contributed by atoms with van der Waals surface area (Å²) in [5.41, 5.74) is 1.42. The summed E-state index contributed by atoms with van der Waals surface area (Å²) in [6, 6.07) is 0. The van der Waals surface area contributed by atoms with Crippen molar-refractivity contribution in [2.75, 3.05) is 0 Å². The third-order valence-corrected chi connectivity index (χ3v) is 4.51. The Balaban J connectivity index is 2.30. The van der Waals surface area contributed by atoms with Gasteiger partial charge in [0, 0.05) is 16.7 Å². The van der Waals surface area contributed by atoms with E-state index >= 15 is 0 Å². The molecule has 1 aliphatic rings. The normalized spacial score (nSPS) is 20.9. The Morgan fingerprint density at radius 2 is 2.00 bits per heavy atom. The lowest BCUT2D eigenvalue weighted by atomic mass is 9.94. The molecule has 2 rings (SSSR count).